The Bertz CT molecular complexity index is 490. The van der Waals surface area contributed by atoms with Gasteiger partial charge in [0.2, 0.25) is 0 Å². The topological polar surface area (TPSA) is 64.1 Å². The summed E-state index contributed by atoms with van der Waals surface area (Å²) in [6.07, 6.45) is 2.50. The zero-order valence-electron chi connectivity index (χ0n) is 10.4. The summed E-state index contributed by atoms with van der Waals surface area (Å²) in [6, 6.07) is 5.94. The van der Waals surface area contributed by atoms with E-state index in [1.54, 1.807) is 0 Å². The summed E-state index contributed by atoms with van der Waals surface area (Å²) in [5.74, 6) is 0. The standard InChI is InChI=1S/C13H19N3O/c1-13(2,8-14)5-6-15-10-3-4-11-12(7-10)17-9-16-11/h3-4,7,9,15H,5-6,8,14H2,1-2H3. The van der Waals surface area contributed by atoms with E-state index in [1.807, 2.05) is 18.2 Å². The fourth-order valence-corrected chi connectivity index (χ4v) is 1.61. The molecule has 0 aliphatic heterocycles. The molecule has 0 atom stereocenters. The summed E-state index contributed by atoms with van der Waals surface area (Å²) in [5.41, 5.74) is 8.64. The first-order valence-corrected chi connectivity index (χ1v) is 5.88. The number of oxazole rings is 1. The van der Waals surface area contributed by atoms with Gasteiger partial charge >= 0.3 is 0 Å². The molecular formula is C13H19N3O. The highest BCUT2D eigenvalue weighted by molar-refractivity contribution is 5.76. The first-order chi connectivity index (χ1) is 8.11. The normalized spacial score (nSPS) is 11.9. The molecular weight excluding hydrogens is 214 g/mol. The van der Waals surface area contributed by atoms with Crippen molar-refractivity contribution in [2.45, 2.75) is 20.3 Å². The van der Waals surface area contributed by atoms with Gasteiger partial charge in [-0.05, 0) is 30.5 Å². The van der Waals surface area contributed by atoms with Crippen molar-refractivity contribution in [2.75, 3.05) is 18.4 Å². The Labute approximate surface area is 101 Å². The Balaban J connectivity index is 1.95. The van der Waals surface area contributed by atoms with Crippen molar-refractivity contribution in [3.05, 3.63) is 24.6 Å². The van der Waals surface area contributed by atoms with E-state index in [9.17, 15) is 0 Å². The molecule has 92 valence electrons. The number of aromatic nitrogens is 1. The van der Waals surface area contributed by atoms with E-state index in [4.69, 9.17) is 10.2 Å². The summed E-state index contributed by atoms with van der Waals surface area (Å²) < 4.78 is 5.26. The Morgan fingerprint density at radius 1 is 1.41 bits per heavy atom. The summed E-state index contributed by atoms with van der Waals surface area (Å²) in [7, 11) is 0. The van der Waals surface area contributed by atoms with E-state index in [0.717, 1.165) is 29.8 Å². The SMILES string of the molecule is CC(C)(CN)CCNc1ccc2ncoc2c1. The number of hydrogen-bond acceptors (Lipinski definition) is 4. The van der Waals surface area contributed by atoms with Crippen LogP contribution in [-0.4, -0.2) is 18.1 Å². The molecule has 17 heavy (non-hydrogen) atoms. The van der Waals surface area contributed by atoms with Crippen LogP contribution in [0.25, 0.3) is 11.1 Å². The Morgan fingerprint density at radius 2 is 2.24 bits per heavy atom. The Kier molecular flexibility index (Phi) is 3.33. The predicted molar refractivity (Wildman–Crippen MR) is 70.0 cm³/mol. The van der Waals surface area contributed by atoms with Gasteiger partial charge in [0, 0.05) is 18.3 Å². The van der Waals surface area contributed by atoms with Gasteiger partial charge in [0.15, 0.2) is 12.0 Å². The van der Waals surface area contributed by atoms with Crippen LogP contribution >= 0.6 is 0 Å². The van der Waals surface area contributed by atoms with Crippen molar-refractivity contribution >= 4 is 16.8 Å². The van der Waals surface area contributed by atoms with E-state index in [-0.39, 0.29) is 5.41 Å². The molecule has 2 aromatic rings. The first-order valence-electron chi connectivity index (χ1n) is 5.88. The van der Waals surface area contributed by atoms with Crippen molar-refractivity contribution in [2.24, 2.45) is 11.1 Å². The zero-order chi connectivity index (χ0) is 12.3. The summed E-state index contributed by atoms with van der Waals surface area (Å²) in [4.78, 5) is 4.08. The number of rotatable bonds is 5. The second-order valence-electron chi connectivity index (χ2n) is 5.08. The third-order valence-corrected chi connectivity index (χ3v) is 3.01. The van der Waals surface area contributed by atoms with Crippen LogP contribution in [0, 0.1) is 5.41 Å². The highest BCUT2D eigenvalue weighted by Gasteiger charge is 2.14. The predicted octanol–water partition coefficient (Wildman–Crippen LogP) is 2.61. The number of benzene rings is 1. The lowest BCUT2D eigenvalue weighted by Gasteiger charge is -2.22. The van der Waals surface area contributed by atoms with Crippen LogP contribution in [0.2, 0.25) is 0 Å². The number of nitrogens with two attached hydrogens (primary N) is 1. The number of fused-ring (bicyclic) bond motifs is 1. The fraction of sp³-hybridized carbons (Fsp3) is 0.462. The minimum absolute atomic E-state index is 0.184. The lowest BCUT2D eigenvalue weighted by atomic mass is 9.90. The van der Waals surface area contributed by atoms with E-state index < -0.39 is 0 Å². The molecule has 0 fully saturated rings. The summed E-state index contributed by atoms with van der Waals surface area (Å²) in [5, 5.41) is 3.37. The van der Waals surface area contributed by atoms with Crippen molar-refractivity contribution < 1.29 is 4.42 Å². The van der Waals surface area contributed by atoms with Gasteiger partial charge in [-0.1, -0.05) is 13.8 Å². The highest BCUT2D eigenvalue weighted by Crippen LogP contribution is 2.20. The van der Waals surface area contributed by atoms with E-state index in [2.05, 4.69) is 24.1 Å². The molecule has 0 aliphatic rings. The van der Waals surface area contributed by atoms with Gasteiger partial charge in [-0.2, -0.15) is 0 Å². The molecule has 1 aromatic heterocycles. The monoisotopic (exact) mass is 233 g/mol. The van der Waals surface area contributed by atoms with Gasteiger partial charge in [-0.25, -0.2) is 4.98 Å². The van der Waals surface area contributed by atoms with Crippen molar-refractivity contribution in [3.8, 4) is 0 Å². The van der Waals surface area contributed by atoms with Gasteiger partial charge in [0.05, 0.1) is 0 Å². The lowest BCUT2D eigenvalue weighted by Crippen LogP contribution is -2.26. The molecule has 0 spiro atoms. The van der Waals surface area contributed by atoms with Gasteiger partial charge in [-0.15, -0.1) is 0 Å². The average Bonchev–Trinajstić information content (AvgIpc) is 2.76. The third-order valence-electron chi connectivity index (χ3n) is 3.01. The van der Waals surface area contributed by atoms with Crippen LogP contribution in [0.4, 0.5) is 5.69 Å². The van der Waals surface area contributed by atoms with Crippen LogP contribution in [0.15, 0.2) is 29.0 Å². The molecule has 0 saturated carbocycles. The largest absolute Gasteiger partial charge is 0.443 e. The Hall–Kier alpha value is -1.55. The van der Waals surface area contributed by atoms with Crippen LogP contribution in [0.1, 0.15) is 20.3 Å². The van der Waals surface area contributed by atoms with E-state index in [1.165, 1.54) is 6.39 Å². The molecule has 0 unspecified atom stereocenters. The first kappa shape index (κ1) is 11.9. The van der Waals surface area contributed by atoms with Gasteiger partial charge < -0.3 is 15.5 Å². The second kappa shape index (κ2) is 4.75. The minimum Gasteiger partial charge on any atom is -0.443 e. The molecule has 2 rings (SSSR count). The maximum Gasteiger partial charge on any atom is 0.181 e. The highest BCUT2D eigenvalue weighted by atomic mass is 16.3. The number of hydrogen-bond donors (Lipinski definition) is 2. The third kappa shape index (κ3) is 2.97. The molecule has 0 amide bonds. The van der Waals surface area contributed by atoms with Gasteiger partial charge in [0.25, 0.3) is 0 Å². The quantitative estimate of drug-likeness (QED) is 0.833. The van der Waals surface area contributed by atoms with E-state index >= 15 is 0 Å². The Morgan fingerprint density at radius 3 is 3.00 bits per heavy atom. The van der Waals surface area contributed by atoms with Crippen molar-refractivity contribution in [1.29, 1.82) is 0 Å². The molecule has 4 heteroatoms. The maximum absolute atomic E-state index is 5.70. The zero-order valence-corrected chi connectivity index (χ0v) is 10.4. The lowest BCUT2D eigenvalue weighted by molar-refractivity contribution is 0.358. The van der Waals surface area contributed by atoms with Crippen LogP contribution in [0.5, 0.6) is 0 Å². The van der Waals surface area contributed by atoms with Crippen molar-refractivity contribution in [1.82, 2.24) is 4.98 Å². The number of nitrogens with zero attached hydrogens (tertiary/aromatic N) is 1. The van der Waals surface area contributed by atoms with E-state index in [0.29, 0.717) is 6.54 Å². The maximum atomic E-state index is 5.70. The van der Waals surface area contributed by atoms with Crippen molar-refractivity contribution in [3.63, 3.8) is 0 Å². The summed E-state index contributed by atoms with van der Waals surface area (Å²) >= 11 is 0. The number of anilines is 1. The van der Waals surface area contributed by atoms with Gasteiger partial charge in [0.1, 0.15) is 5.52 Å². The molecule has 0 aliphatic carbocycles. The molecule has 1 heterocycles. The minimum atomic E-state index is 0.184. The smallest absolute Gasteiger partial charge is 0.181 e. The summed E-state index contributed by atoms with van der Waals surface area (Å²) in [6.45, 7) is 5.96. The number of nitrogens with one attached hydrogen (secondary N) is 1. The molecule has 0 bridgehead atoms. The van der Waals surface area contributed by atoms with Crippen LogP contribution in [0.3, 0.4) is 0 Å². The molecule has 0 saturated heterocycles. The van der Waals surface area contributed by atoms with Crippen LogP contribution in [-0.2, 0) is 0 Å². The van der Waals surface area contributed by atoms with Gasteiger partial charge in [-0.3, -0.25) is 0 Å². The molecule has 4 nitrogen and oxygen atoms in total. The second-order valence-corrected chi connectivity index (χ2v) is 5.08. The molecule has 3 N–H and O–H groups in total. The molecule has 1 aromatic carbocycles. The van der Waals surface area contributed by atoms with Crippen LogP contribution < -0.4 is 11.1 Å². The average molecular weight is 233 g/mol. The molecule has 0 radical (unpaired) electrons. The fourth-order valence-electron chi connectivity index (χ4n) is 1.61.